The van der Waals surface area contributed by atoms with E-state index in [2.05, 4.69) is 10.0 Å². The quantitative estimate of drug-likeness (QED) is 0.494. The maximum atomic E-state index is 12.1. The zero-order chi connectivity index (χ0) is 19.7. The molecule has 28 heavy (non-hydrogen) atoms. The molecule has 0 spiro atoms. The van der Waals surface area contributed by atoms with Crippen LogP contribution in [0, 0.1) is 0 Å². The van der Waals surface area contributed by atoms with E-state index >= 15 is 0 Å². The Morgan fingerprint density at radius 2 is 1.71 bits per heavy atom. The predicted molar refractivity (Wildman–Crippen MR) is 111 cm³/mol. The molecule has 1 amide bonds. The molecule has 0 saturated heterocycles. The first-order chi connectivity index (χ1) is 12.9. The third-order valence-corrected chi connectivity index (χ3v) is 5.41. The number of hydrogen-bond acceptors (Lipinski definition) is 5. The number of sulfonamides is 1. The van der Waals surface area contributed by atoms with Gasteiger partial charge in [0.1, 0.15) is 0 Å². The smallest absolute Gasteiger partial charge is 0.240 e. The number of methoxy groups -OCH3 is 1. The molecule has 0 aliphatic carbocycles. The molecular weight excluding hydrogens is 402 g/mol. The molecule has 2 rings (SSSR count). The van der Waals surface area contributed by atoms with E-state index in [0.717, 1.165) is 11.1 Å². The van der Waals surface area contributed by atoms with Crippen LogP contribution in [-0.2, 0) is 32.5 Å². The largest absolute Gasteiger partial charge is 0.383 e. The van der Waals surface area contributed by atoms with Crippen molar-refractivity contribution in [3.63, 3.8) is 0 Å². The van der Waals surface area contributed by atoms with Gasteiger partial charge in [-0.1, -0.05) is 42.5 Å². The molecule has 0 radical (unpaired) electrons. The summed E-state index contributed by atoms with van der Waals surface area (Å²) in [7, 11) is -2.06. The molecule has 1 atom stereocenters. The minimum absolute atomic E-state index is 0. The number of ether oxygens (including phenoxy) is 1. The van der Waals surface area contributed by atoms with Gasteiger partial charge in [0.25, 0.3) is 0 Å². The second kappa shape index (κ2) is 11.8. The van der Waals surface area contributed by atoms with Crippen LogP contribution in [0.25, 0.3) is 0 Å². The maximum Gasteiger partial charge on any atom is 0.240 e. The highest BCUT2D eigenvalue weighted by Gasteiger charge is 2.15. The van der Waals surface area contributed by atoms with Crippen LogP contribution in [0.3, 0.4) is 0 Å². The molecule has 0 aliphatic heterocycles. The summed E-state index contributed by atoms with van der Waals surface area (Å²) in [5, 5.41) is 2.77. The Labute approximate surface area is 172 Å². The summed E-state index contributed by atoms with van der Waals surface area (Å²) in [6.45, 7) is 0.779. The molecule has 154 valence electrons. The first-order valence-electron chi connectivity index (χ1n) is 8.57. The molecule has 0 aromatic heterocycles. The Morgan fingerprint density at radius 3 is 2.32 bits per heavy atom. The number of nitrogens with two attached hydrogens (primary N) is 1. The third-order valence-electron chi connectivity index (χ3n) is 3.93. The molecule has 0 bridgehead atoms. The minimum Gasteiger partial charge on any atom is -0.383 e. The number of nitrogens with one attached hydrogen (secondary N) is 2. The number of benzene rings is 2. The summed E-state index contributed by atoms with van der Waals surface area (Å²) >= 11 is 0. The lowest BCUT2D eigenvalue weighted by molar-refractivity contribution is -0.122. The fraction of sp³-hybridized carbons (Fsp3) is 0.316. The number of amides is 1. The number of halogens is 1. The number of carbonyl (C=O) groups is 1. The standard InChI is InChI=1S/C19H25N3O4S.ClH/c1-26-12-11-22-27(24,25)17-9-7-16(8-10-17)14-21-19(23)18(20)13-15-5-3-2-4-6-15;/h2-10,18,22H,11-14,20H2,1H3,(H,21,23);1H/t18-;/m0./s1. The number of rotatable bonds is 10. The second-order valence-electron chi connectivity index (χ2n) is 6.05. The average molecular weight is 428 g/mol. The highest BCUT2D eigenvalue weighted by atomic mass is 35.5. The Kier molecular flexibility index (Phi) is 10.1. The van der Waals surface area contributed by atoms with Crippen molar-refractivity contribution in [3.05, 3.63) is 65.7 Å². The summed E-state index contributed by atoms with van der Waals surface area (Å²) in [4.78, 5) is 12.3. The zero-order valence-corrected chi connectivity index (χ0v) is 17.3. The molecule has 0 heterocycles. The van der Waals surface area contributed by atoms with Gasteiger partial charge in [0.2, 0.25) is 15.9 Å². The molecule has 9 heteroatoms. The van der Waals surface area contributed by atoms with Crippen LogP contribution in [0.5, 0.6) is 0 Å². The van der Waals surface area contributed by atoms with Gasteiger partial charge in [0.05, 0.1) is 17.5 Å². The fourth-order valence-electron chi connectivity index (χ4n) is 2.43. The topological polar surface area (TPSA) is 111 Å². The van der Waals surface area contributed by atoms with Crippen molar-refractivity contribution in [1.29, 1.82) is 0 Å². The molecule has 0 saturated carbocycles. The molecule has 7 nitrogen and oxygen atoms in total. The predicted octanol–water partition coefficient (Wildman–Crippen LogP) is 1.22. The normalized spacial score (nSPS) is 12.1. The van der Waals surface area contributed by atoms with E-state index in [0.29, 0.717) is 13.0 Å². The Hall–Kier alpha value is -1.97. The summed E-state index contributed by atoms with van der Waals surface area (Å²) in [5.74, 6) is -0.253. The first-order valence-corrected chi connectivity index (χ1v) is 10.1. The van der Waals surface area contributed by atoms with E-state index < -0.39 is 16.1 Å². The molecule has 2 aromatic carbocycles. The molecular formula is C19H26ClN3O4S. The van der Waals surface area contributed by atoms with Gasteiger partial charge < -0.3 is 15.8 Å². The van der Waals surface area contributed by atoms with E-state index in [1.807, 2.05) is 30.3 Å². The van der Waals surface area contributed by atoms with E-state index in [1.165, 1.54) is 19.2 Å². The van der Waals surface area contributed by atoms with Crippen LogP contribution in [-0.4, -0.2) is 40.6 Å². The van der Waals surface area contributed by atoms with Gasteiger partial charge in [-0.2, -0.15) is 0 Å². The SMILES string of the molecule is COCCNS(=O)(=O)c1ccc(CNC(=O)[C@@H](N)Cc2ccccc2)cc1.Cl. The van der Waals surface area contributed by atoms with Crippen LogP contribution in [0.4, 0.5) is 0 Å². The number of carbonyl (C=O) groups excluding carboxylic acids is 1. The van der Waals surface area contributed by atoms with Gasteiger partial charge in [0, 0.05) is 20.2 Å². The van der Waals surface area contributed by atoms with E-state index in [4.69, 9.17) is 10.5 Å². The molecule has 4 N–H and O–H groups in total. The maximum absolute atomic E-state index is 12.1. The van der Waals surface area contributed by atoms with Crippen molar-refractivity contribution >= 4 is 28.3 Å². The van der Waals surface area contributed by atoms with Gasteiger partial charge in [-0.3, -0.25) is 4.79 Å². The van der Waals surface area contributed by atoms with Crippen molar-refractivity contribution < 1.29 is 17.9 Å². The summed E-state index contributed by atoms with van der Waals surface area (Å²) in [5.41, 5.74) is 7.72. The van der Waals surface area contributed by atoms with Crippen molar-refractivity contribution in [2.24, 2.45) is 5.73 Å². The summed E-state index contributed by atoms with van der Waals surface area (Å²) in [6, 6.07) is 15.2. The van der Waals surface area contributed by atoms with Gasteiger partial charge in [-0.05, 0) is 29.7 Å². The highest BCUT2D eigenvalue weighted by molar-refractivity contribution is 7.89. The molecule has 0 fully saturated rings. The van der Waals surface area contributed by atoms with Crippen molar-refractivity contribution in [1.82, 2.24) is 10.0 Å². The monoisotopic (exact) mass is 427 g/mol. The van der Waals surface area contributed by atoms with E-state index in [9.17, 15) is 13.2 Å². The van der Waals surface area contributed by atoms with Crippen LogP contribution >= 0.6 is 12.4 Å². The second-order valence-corrected chi connectivity index (χ2v) is 7.82. The molecule has 2 aromatic rings. The molecule has 0 aliphatic rings. The van der Waals surface area contributed by atoms with E-state index in [1.54, 1.807) is 12.1 Å². The van der Waals surface area contributed by atoms with Crippen molar-refractivity contribution in [2.45, 2.75) is 23.9 Å². The average Bonchev–Trinajstić information content (AvgIpc) is 2.67. The summed E-state index contributed by atoms with van der Waals surface area (Å²) < 4.78 is 31.5. The van der Waals surface area contributed by atoms with Crippen LogP contribution in [0.1, 0.15) is 11.1 Å². The first kappa shape index (κ1) is 24.1. The Morgan fingerprint density at radius 1 is 1.07 bits per heavy atom. The van der Waals surface area contributed by atoms with E-state index in [-0.39, 0.29) is 36.3 Å². The lowest BCUT2D eigenvalue weighted by Crippen LogP contribution is -2.41. The highest BCUT2D eigenvalue weighted by Crippen LogP contribution is 2.10. The minimum atomic E-state index is -3.57. The lowest BCUT2D eigenvalue weighted by atomic mass is 10.1. The van der Waals surface area contributed by atoms with Gasteiger partial charge in [-0.25, -0.2) is 13.1 Å². The van der Waals surface area contributed by atoms with Crippen LogP contribution in [0.2, 0.25) is 0 Å². The fourth-order valence-corrected chi connectivity index (χ4v) is 3.44. The Balaban J connectivity index is 0.00000392. The Bertz CT molecular complexity index is 830. The number of hydrogen-bond donors (Lipinski definition) is 3. The summed E-state index contributed by atoms with van der Waals surface area (Å²) in [6.07, 6.45) is 0.455. The van der Waals surface area contributed by atoms with Gasteiger partial charge in [0.15, 0.2) is 0 Å². The third kappa shape index (κ3) is 7.57. The van der Waals surface area contributed by atoms with Crippen LogP contribution in [0.15, 0.2) is 59.5 Å². The van der Waals surface area contributed by atoms with Gasteiger partial charge in [-0.15, -0.1) is 12.4 Å². The van der Waals surface area contributed by atoms with Gasteiger partial charge >= 0.3 is 0 Å². The van der Waals surface area contributed by atoms with Crippen LogP contribution < -0.4 is 15.8 Å². The zero-order valence-electron chi connectivity index (χ0n) is 15.6. The van der Waals surface area contributed by atoms with Crippen molar-refractivity contribution in [3.8, 4) is 0 Å². The lowest BCUT2D eigenvalue weighted by Gasteiger charge is -2.13. The molecule has 0 unspecified atom stereocenters. The van der Waals surface area contributed by atoms with Crippen molar-refractivity contribution in [2.75, 3.05) is 20.3 Å².